The number of hydrogen-bond donors (Lipinski definition) is 2. The van der Waals surface area contributed by atoms with Crippen LogP contribution in [-0.4, -0.2) is 28.1 Å². The molecule has 1 aliphatic rings. The Morgan fingerprint density at radius 1 is 1.18 bits per heavy atom. The van der Waals surface area contributed by atoms with E-state index in [4.69, 9.17) is 0 Å². The molecule has 22 heavy (non-hydrogen) atoms. The molecule has 1 aliphatic heterocycles. The Morgan fingerprint density at radius 3 is 2.27 bits per heavy atom. The fourth-order valence-corrected chi connectivity index (χ4v) is 4.71. The first-order valence-electron chi connectivity index (χ1n) is 7.60. The zero-order chi connectivity index (χ0) is 15.6. The first-order valence-corrected chi connectivity index (χ1v) is 9.09. The van der Waals surface area contributed by atoms with Crippen LogP contribution in [0.15, 0.2) is 11.0 Å². The van der Waals surface area contributed by atoms with Crippen LogP contribution in [-0.2, 0) is 10.0 Å². The van der Waals surface area contributed by atoms with Crippen molar-refractivity contribution in [1.29, 1.82) is 0 Å². The fourth-order valence-electron chi connectivity index (χ4n) is 2.98. The van der Waals surface area contributed by atoms with Crippen LogP contribution in [0.5, 0.6) is 0 Å². The van der Waals surface area contributed by atoms with E-state index >= 15 is 0 Å². The van der Waals surface area contributed by atoms with E-state index in [9.17, 15) is 8.42 Å². The molecule has 0 spiro atoms. The molecular formula is C16H27ClN2O2S. The normalized spacial score (nSPS) is 18.8. The Hall–Kier alpha value is -0.620. The number of hydrogen-bond acceptors (Lipinski definition) is 3. The van der Waals surface area contributed by atoms with Crippen LogP contribution in [0.3, 0.4) is 0 Å². The minimum atomic E-state index is -3.44. The number of sulfonamides is 1. The first kappa shape index (κ1) is 19.4. The summed E-state index contributed by atoms with van der Waals surface area (Å²) in [6.45, 7) is 10.2. The summed E-state index contributed by atoms with van der Waals surface area (Å²) in [4.78, 5) is 0.462. The van der Waals surface area contributed by atoms with Crippen molar-refractivity contribution in [3.8, 4) is 0 Å². The number of benzene rings is 1. The molecule has 1 fully saturated rings. The molecule has 0 saturated carbocycles. The second-order valence-electron chi connectivity index (χ2n) is 6.15. The molecule has 0 aromatic heterocycles. The van der Waals surface area contributed by atoms with Crippen LogP contribution >= 0.6 is 12.4 Å². The van der Waals surface area contributed by atoms with Crippen molar-refractivity contribution in [2.24, 2.45) is 5.92 Å². The van der Waals surface area contributed by atoms with E-state index in [1.807, 2.05) is 27.7 Å². The van der Waals surface area contributed by atoms with Crippen molar-refractivity contribution in [1.82, 2.24) is 10.0 Å². The molecule has 1 unspecified atom stereocenters. The van der Waals surface area contributed by atoms with Gasteiger partial charge in [-0.15, -0.1) is 12.4 Å². The van der Waals surface area contributed by atoms with Gasteiger partial charge in [0.1, 0.15) is 0 Å². The van der Waals surface area contributed by atoms with Gasteiger partial charge in [-0.05, 0) is 81.8 Å². The quantitative estimate of drug-likeness (QED) is 0.881. The SMILES string of the molecule is Cc1cc(C)c(C)c(S(=O)(=O)NCC2CCCNC2)c1C.Cl. The van der Waals surface area contributed by atoms with Crippen molar-refractivity contribution >= 4 is 22.4 Å². The third kappa shape index (κ3) is 4.22. The molecule has 1 atom stereocenters. The van der Waals surface area contributed by atoms with Crippen LogP contribution in [0.2, 0.25) is 0 Å². The summed E-state index contributed by atoms with van der Waals surface area (Å²) < 4.78 is 28.2. The van der Waals surface area contributed by atoms with E-state index in [1.165, 1.54) is 0 Å². The summed E-state index contributed by atoms with van der Waals surface area (Å²) in [5.74, 6) is 0.389. The van der Waals surface area contributed by atoms with Gasteiger partial charge in [0.25, 0.3) is 0 Å². The molecule has 0 radical (unpaired) electrons. The van der Waals surface area contributed by atoms with E-state index in [0.717, 1.165) is 48.2 Å². The lowest BCUT2D eigenvalue weighted by atomic mass is 10.0. The molecule has 1 aromatic rings. The molecule has 2 N–H and O–H groups in total. The van der Waals surface area contributed by atoms with Gasteiger partial charge >= 0.3 is 0 Å². The molecule has 126 valence electrons. The van der Waals surface area contributed by atoms with E-state index < -0.39 is 10.0 Å². The summed E-state index contributed by atoms with van der Waals surface area (Å²) in [6.07, 6.45) is 2.20. The van der Waals surface area contributed by atoms with Crippen molar-refractivity contribution in [3.63, 3.8) is 0 Å². The standard InChI is InChI=1S/C16H26N2O2S.ClH/c1-11-8-12(2)14(4)16(13(11)3)21(19,20)18-10-15-6-5-7-17-9-15;/h8,15,17-18H,5-7,9-10H2,1-4H3;1H. The van der Waals surface area contributed by atoms with Gasteiger partial charge in [-0.1, -0.05) is 6.07 Å². The van der Waals surface area contributed by atoms with Crippen molar-refractivity contribution in [2.45, 2.75) is 45.4 Å². The number of halogens is 1. The number of rotatable bonds is 4. The highest BCUT2D eigenvalue weighted by Crippen LogP contribution is 2.26. The molecule has 1 saturated heterocycles. The van der Waals surface area contributed by atoms with Gasteiger partial charge in [-0.2, -0.15) is 0 Å². The summed E-state index contributed by atoms with van der Waals surface area (Å²) in [5, 5.41) is 3.32. The fraction of sp³-hybridized carbons (Fsp3) is 0.625. The maximum absolute atomic E-state index is 12.7. The lowest BCUT2D eigenvalue weighted by Gasteiger charge is -2.23. The Bertz CT molecular complexity index is 597. The van der Waals surface area contributed by atoms with Gasteiger partial charge < -0.3 is 5.32 Å². The Kier molecular flexibility index (Phi) is 6.86. The first-order chi connectivity index (χ1) is 9.83. The maximum atomic E-state index is 12.7. The minimum Gasteiger partial charge on any atom is -0.316 e. The van der Waals surface area contributed by atoms with Gasteiger partial charge in [-0.3, -0.25) is 0 Å². The van der Waals surface area contributed by atoms with E-state index in [2.05, 4.69) is 16.1 Å². The Balaban J connectivity index is 0.00000242. The van der Waals surface area contributed by atoms with E-state index in [-0.39, 0.29) is 12.4 Å². The summed E-state index contributed by atoms with van der Waals surface area (Å²) >= 11 is 0. The van der Waals surface area contributed by atoms with Gasteiger partial charge in [-0.25, -0.2) is 13.1 Å². The molecule has 2 rings (SSSR count). The van der Waals surface area contributed by atoms with Crippen LogP contribution in [0.25, 0.3) is 0 Å². The molecule has 4 nitrogen and oxygen atoms in total. The average molecular weight is 347 g/mol. The minimum absolute atomic E-state index is 0. The predicted molar refractivity (Wildman–Crippen MR) is 93.4 cm³/mol. The van der Waals surface area contributed by atoms with E-state index in [1.54, 1.807) is 0 Å². The molecular weight excluding hydrogens is 320 g/mol. The zero-order valence-corrected chi connectivity index (χ0v) is 15.5. The second-order valence-corrected chi connectivity index (χ2v) is 7.86. The third-order valence-corrected chi connectivity index (χ3v) is 6.22. The molecule has 1 aromatic carbocycles. The van der Waals surface area contributed by atoms with E-state index in [0.29, 0.717) is 17.4 Å². The zero-order valence-electron chi connectivity index (χ0n) is 13.8. The Morgan fingerprint density at radius 2 is 1.77 bits per heavy atom. The van der Waals surface area contributed by atoms with Gasteiger partial charge in [0.05, 0.1) is 4.90 Å². The van der Waals surface area contributed by atoms with Crippen molar-refractivity contribution < 1.29 is 8.42 Å². The van der Waals surface area contributed by atoms with Gasteiger partial charge in [0.2, 0.25) is 10.0 Å². The highest BCUT2D eigenvalue weighted by Gasteiger charge is 2.23. The predicted octanol–water partition coefficient (Wildman–Crippen LogP) is 2.62. The van der Waals surface area contributed by atoms with Crippen LogP contribution in [0.4, 0.5) is 0 Å². The monoisotopic (exact) mass is 346 g/mol. The largest absolute Gasteiger partial charge is 0.316 e. The molecule has 1 heterocycles. The lowest BCUT2D eigenvalue weighted by Crippen LogP contribution is -2.38. The van der Waals surface area contributed by atoms with Gasteiger partial charge in [0.15, 0.2) is 0 Å². The molecule has 0 aliphatic carbocycles. The van der Waals surface area contributed by atoms with Crippen molar-refractivity contribution in [2.75, 3.05) is 19.6 Å². The summed E-state index contributed by atoms with van der Waals surface area (Å²) in [6, 6.07) is 2.05. The van der Waals surface area contributed by atoms with Crippen LogP contribution in [0, 0.1) is 33.6 Å². The summed E-state index contributed by atoms with van der Waals surface area (Å²) in [5.41, 5.74) is 3.76. The average Bonchev–Trinajstić information content (AvgIpc) is 2.44. The number of aryl methyl sites for hydroxylation is 2. The molecule has 6 heteroatoms. The third-order valence-electron chi connectivity index (χ3n) is 4.53. The van der Waals surface area contributed by atoms with Crippen LogP contribution < -0.4 is 10.0 Å². The topological polar surface area (TPSA) is 58.2 Å². The lowest BCUT2D eigenvalue weighted by molar-refractivity contribution is 0.376. The molecule has 0 amide bonds. The second kappa shape index (κ2) is 7.77. The smallest absolute Gasteiger partial charge is 0.241 e. The number of piperidine rings is 1. The van der Waals surface area contributed by atoms with Crippen LogP contribution in [0.1, 0.15) is 35.1 Å². The Labute approximate surface area is 140 Å². The van der Waals surface area contributed by atoms with Crippen molar-refractivity contribution in [3.05, 3.63) is 28.3 Å². The maximum Gasteiger partial charge on any atom is 0.241 e. The highest BCUT2D eigenvalue weighted by atomic mass is 35.5. The highest BCUT2D eigenvalue weighted by molar-refractivity contribution is 7.89. The molecule has 0 bridgehead atoms. The summed E-state index contributed by atoms with van der Waals surface area (Å²) in [7, 11) is -3.44. The van der Waals surface area contributed by atoms with Gasteiger partial charge in [0, 0.05) is 6.54 Å². The number of nitrogens with one attached hydrogen (secondary N) is 2.